The van der Waals surface area contributed by atoms with Crippen molar-refractivity contribution in [2.24, 2.45) is 0 Å². The Labute approximate surface area is 173 Å². The molecule has 3 aromatic rings. The van der Waals surface area contributed by atoms with Crippen LogP contribution in [-0.4, -0.2) is 50.8 Å². The van der Waals surface area contributed by atoms with E-state index < -0.39 is 0 Å². The van der Waals surface area contributed by atoms with Crippen molar-refractivity contribution in [1.29, 1.82) is 0 Å². The second-order valence-electron chi connectivity index (χ2n) is 6.72. The molecule has 1 amide bonds. The Morgan fingerprint density at radius 2 is 1.97 bits per heavy atom. The second kappa shape index (κ2) is 9.11. The Morgan fingerprint density at radius 1 is 1.17 bits per heavy atom. The number of phenols is 1. The lowest BCUT2D eigenvalue weighted by Crippen LogP contribution is -2.32. The van der Waals surface area contributed by atoms with Crippen LogP contribution < -0.4 is 5.32 Å². The van der Waals surface area contributed by atoms with Gasteiger partial charge >= 0.3 is 0 Å². The predicted molar refractivity (Wildman–Crippen MR) is 111 cm³/mol. The van der Waals surface area contributed by atoms with Gasteiger partial charge in [-0.1, -0.05) is 42.1 Å². The highest BCUT2D eigenvalue weighted by molar-refractivity contribution is 7.99. The van der Waals surface area contributed by atoms with E-state index in [-0.39, 0.29) is 23.5 Å². The highest BCUT2D eigenvalue weighted by Gasteiger charge is 2.20. The number of aromatic hydroxyl groups is 1. The zero-order valence-corrected chi connectivity index (χ0v) is 16.6. The number of carbonyl (C=O) groups excluding carboxylic acids is 1. The number of aromatic nitrogens is 3. The van der Waals surface area contributed by atoms with Gasteiger partial charge in [-0.15, -0.1) is 10.2 Å². The van der Waals surface area contributed by atoms with E-state index in [0.29, 0.717) is 23.1 Å². The topological polar surface area (TPSA) is 89.3 Å². The summed E-state index contributed by atoms with van der Waals surface area (Å²) in [6, 6.07) is 16.7. The number of amides is 1. The number of nitrogens with one attached hydrogen (secondary N) is 1. The van der Waals surface area contributed by atoms with Gasteiger partial charge in [-0.05, 0) is 37.1 Å². The van der Waals surface area contributed by atoms with Crippen molar-refractivity contribution >= 4 is 17.7 Å². The Morgan fingerprint density at radius 3 is 2.72 bits per heavy atom. The van der Waals surface area contributed by atoms with Crippen LogP contribution in [0.4, 0.5) is 0 Å². The molecular formula is C21H22N4O3S. The molecule has 2 aromatic carbocycles. The summed E-state index contributed by atoms with van der Waals surface area (Å²) in [6.45, 7) is 1.30. The van der Waals surface area contributed by atoms with E-state index in [1.807, 2.05) is 41.0 Å². The smallest absolute Gasteiger partial charge is 0.230 e. The van der Waals surface area contributed by atoms with E-state index in [1.165, 1.54) is 11.8 Å². The minimum atomic E-state index is -0.0720. The number of ether oxygens (including phenoxy) is 1. The molecule has 29 heavy (non-hydrogen) atoms. The second-order valence-corrected chi connectivity index (χ2v) is 7.66. The summed E-state index contributed by atoms with van der Waals surface area (Å²) >= 11 is 1.31. The van der Waals surface area contributed by atoms with E-state index in [4.69, 9.17) is 4.74 Å². The van der Waals surface area contributed by atoms with Crippen molar-refractivity contribution in [1.82, 2.24) is 20.1 Å². The molecule has 0 bridgehead atoms. The highest BCUT2D eigenvalue weighted by Crippen LogP contribution is 2.32. The third-order valence-corrected chi connectivity index (χ3v) is 5.60. The fourth-order valence-corrected chi connectivity index (χ4v) is 4.01. The summed E-state index contributed by atoms with van der Waals surface area (Å²) in [5, 5.41) is 22.3. The molecule has 0 aliphatic carbocycles. The first-order valence-corrected chi connectivity index (χ1v) is 10.5. The van der Waals surface area contributed by atoms with Crippen molar-refractivity contribution in [3.63, 3.8) is 0 Å². The predicted octanol–water partition coefficient (Wildman–Crippen LogP) is 3.03. The third-order valence-electron chi connectivity index (χ3n) is 4.68. The van der Waals surface area contributed by atoms with Gasteiger partial charge in [0.25, 0.3) is 0 Å². The number of hydrogen-bond acceptors (Lipinski definition) is 6. The highest BCUT2D eigenvalue weighted by atomic mass is 32.2. The number of nitrogens with zero attached hydrogens (tertiary/aromatic N) is 3. The van der Waals surface area contributed by atoms with Crippen LogP contribution in [0.2, 0.25) is 0 Å². The van der Waals surface area contributed by atoms with Gasteiger partial charge in [-0.3, -0.25) is 9.36 Å². The molecule has 2 N–H and O–H groups in total. The van der Waals surface area contributed by atoms with Crippen molar-refractivity contribution in [2.45, 2.75) is 24.1 Å². The third kappa shape index (κ3) is 4.60. The largest absolute Gasteiger partial charge is 0.507 e. The molecule has 0 saturated carbocycles. The lowest BCUT2D eigenvalue weighted by atomic mass is 10.2. The molecule has 0 unspecified atom stereocenters. The summed E-state index contributed by atoms with van der Waals surface area (Å²) in [4.78, 5) is 12.3. The Hall–Kier alpha value is -2.84. The summed E-state index contributed by atoms with van der Waals surface area (Å²) < 4.78 is 7.39. The molecule has 0 radical (unpaired) electrons. The van der Waals surface area contributed by atoms with Crippen molar-refractivity contribution in [3.05, 3.63) is 54.6 Å². The number of phenolic OH excluding ortho intramolecular Hbond substituents is 1. The van der Waals surface area contributed by atoms with Crippen LogP contribution in [0.1, 0.15) is 12.8 Å². The number of rotatable bonds is 7. The van der Waals surface area contributed by atoms with E-state index in [1.54, 1.807) is 18.2 Å². The molecule has 7 nitrogen and oxygen atoms in total. The molecule has 1 atom stereocenters. The van der Waals surface area contributed by atoms with Crippen LogP contribution in [0.25, 0.3) is 17.1 Å². The maximum Gasteiger partial charge on any atom is 0.230 e. The van der Waals surface area contributed by atoms with Crippen LogP contribution in [0.5, 0.6) is 5.75 Å². The fourth-order valence-electron chi connectivity index (χ4n) is 3.22. The molecular weight excluding hydrogens is 388 g/mol. The molecule has 1 aliphatic rings. The van der Waals surface area contributed by atoms with Crippen LogP contribution >= 0.6 is 11.8 Å². The van der Waals surface area contributed by atoms with Gasteiger partial charge in [0.2, 0.25) is 5.91 Å². The zero-order chi connectivity index (χ0) is 20.1. The molecule has 8 heteroatoms. The summed E-state index contributed by atoms with van der Waals surface area (Å²) in [6.07, 6.45) is 2.15. The Kier molecular flexibility index (Phi) is 6.12. The summed E-state index contributed by atoms with van der Waals surface area (Å²) in [5.74, 6) is 0.801. The minimum Gasteiger partial charge on any atom is -0.507 e. The van der Waals surface area contributed by atoms with Crippen molar-refractivity contribution in [3.8, 4) is 22.8 Å². The van der Waals surface area contributed by atoms with Crippen LogP contribution in [0, 0.1) is 0 Å². The minimum absolute atomic E-state index is 0.0720. The van der Waals surface area contributed by atoms with Gasteiger partial charge in [-0.2, -0.15) is 0 Å². The van der Waals surface area contributed by atoms with Gasteiger partial charge in [0.1, 0.15) is 5.75 Å². The average Bonchev–Trinajstić information content (AvgIpc) is 3.41. The number of benzene rings is 2. The maximum absolute atomic E-state index is 12.3. The first-order valence-electron chi connectivity index (χ1n) is 9.52. The maximum atomic E-state index is 12.3. The summed E-state index contributed by atoms with van der Waals surface area (Å²) in [7, 11) is 0. The van der Waals surface area contributed by atoms with Crippen LogP contribution in [0.15, 0.2) is 59.8 Å². The van der Waals surface area contributed by atoms with Crippen LogP contribution in [-0.2, 0) is 9.53 Å². The van der Waals surface area contributed by atoms with Gasteiger partial charge in [0, 0.05) is 18.8 Å². The van der Waals surface area contributed by atoms with Crippen molar-refractivity contribution in [2.75, 3.05) is 18.9 Å². The van der Waals surface area contributed by atoms with Gasteiger partial charge in [0.05, 0.1) is 17.4 Å². The zero-order valence-electron chi connectivity index (χ0n) is 15.8. The standard InChI is InChI=1S/C21H22N4O3S/c26-18-11-5-4-10-17(18)20-23-24-21(25(20)15-7-2-1-3-8-15)29-14-19(27)22-13-16-9-6-12-28-16/h1-5,7-8,10-11,16,26H,6,9,12-14H2,(H,22,27)/t16-/m1/s1. The lowest BCUT2D eigenvalue weighted by molar-refractivity contribution is -0.119. The average molecular weight is 410 g/mol. The van der Waals surface area contributed by atoms with E-state index in [9.17, 15) is 9.90 Å². The molecule has 2 heterocycles. The van der Waals surface area contributed by atoms with E-state index >= 15 is 0 Å². The van der Waals surface area contributed by atoms with E-state index in [0.717, 1.165) is 25.1 Å². The Balaban J connectivity index is 1.54. The first kappa shape index (κ1) is 19.5. The normalized spacial score (nSPS) is 16.1. The number of para-hydroxylation sites is 2. The molecule has 1 aromatic heterocycles. The molecule has 1 aliphatic heterocycles. The monoisotopic (exact) mass is 410 g/mol. The lowest BCUT2D eigenvalue weighted by Gasteiger charge is -2.12. The van der Waals surface area contributed by atoms with Crippen LogP contribution in [0.3, 0.4) is 0 Å². The van der Waals surface area contributed by atoms with Gasteiger partial charge < -0.3 is 15.2 Å². The molecule has 0 spiro atoms. The quantitative estimate of drug-likeness (QED) is 0.582. The van der Waals surface area contributed by atoms with Gasteiger partial charge in [0.15, 0.2) is 11.0 Å². The number of hydrogen-bond donors (Lipinski definition) is 2. The molecule has 1 fully saturated rings. The molecule has 4 rings (SSSR count). The molecule has 1 saturated heterocycles. The molecule has 150 valence electrons. The van der Waals surface area contributed by atoms with Gasteiger partial charge in [-0.25, -0.2) is 0 Å². The fraction of sp³-hybridized carbons (Fsp3) is 0.286. The summed E-state index contributed by atoms with van der Waals surface area (Å²) in [5.41, 5.74) is 1.44. The first-order chi connectivity index (χ1) is 14.2. The van der Waals surface area contributed by atoms with E-state index in [2.05, 4.69) is 15.5 Å². The number of carbonyl (C=O) groups is 1. The Bertz CT molecular complexity index is 971. The van der Waals surface area contributed by atoms with Crippen molar-refractivity contribution < 1.29 is 14.6 Å². The SMILES string of the molecule is O=C(CSc1nnc(-c2ccccc2O)n1-c1ccccc1)NC[C@H]1CCCO1. The number of thioether (sulfide) groups is 1.